The minimum absolute atomic E-state index is 0.247. The average Bonchev–Trinajstić information content (AvgIpc) is 3.00. The molecule has 1 heterocycles. The van der Waals surface area contributed by atoms with Crippen molar-refractivity contribution in [2.24, 2.45) is 0 Å². The van der Waals surface area contributed by atoms with Gasteiger partial charge in [0.2, 0.25) is 5.78 Å². The molecule has 3 aromatic rings. The Labute approximate surface area is 168 Å². The first kappa shape index (κ1) is 19.7. The first-order valence-corrected chi connectivity index (χ1v) is 9.22. The third-order valence-corrected chi connectivity index (χ3v) is 4.82. The molecule has 0 saturated carbocycles. The van der Waals surface area contributed by atoms with E-state index in [0.29, 0.717) is 21.8 Å². The van der Waals surface area contributed by atoms with Crippen LogP contribution in [0.25, 0.3) is 5.69 Å². The van der Waals surface area contributed by atoms with Gasteiger partial charge in [-0.2, -0.15) is 0 Å². The van der Waals surface area contributed by atoms with Crippen LogP contribution in [0.1, 0.15) is 32.1 Å². The summed E-state index contributed by atoms with van der Waals surface area (Å²) in [5.41, 5.74) is 4.19. The van der Waals surface area contributed by atoms with Crippen molar-refractivity contribution < 1.29 is 14.3 Å². The highest BCUT2D eigenvalue weighted by atomic mass is 35.5. The van der Waals surface area contributed by atoms with E-state index in [1.54, 1.807) is 37.4 Å². The lowest BCUT2D eigenvalue weighted by Crippen LogP contribution is -2.16. The minimum atomic E-state index is -0.537. The number of aromatic nitrogens is 1. The number of nitrogens with zero attached hydrogens (tertiary/aromatic N) is 1. The number of halogens is 1. The van der Waals surface area contributed by atoms with E-state index in [2.05, 4.69) is 5.32 Å². The zero-order valence-electron chi connectivity index (χ0n) is 16.0. The lowest BCUT2D eigenvalue weighted by Gasteiger charge is -2.10. The summed E-state index contributed by atoms with van der Waals surface area (Å²) in [6.45, 7) is 3.47. The second-order valence-electron chi connectivity index (χ2n) is 6.39. The summed E-state index contributed by atoms with van der Waals surface area (Å²) in [5.74, 6) is -0.784. The van der Waals surface area contributed by atoms with E-state index in [1.165, 1.54) is 0 Å². The number of hydrogen-bond donors (Lipinski definition) is 1. The van der Waals surface area contributed by atoms with Crippen LogP contribution in [0.3, 0.4) is 0 Å². The van der Waals surface area contributed by atoms with Gasteiger partial charge in [0.15, 0.2) is 6.61 Å². The molecule has 0 spiro atoms. The zero-order valence-corrected chi connectivity index (χ0v) is 16.7. The van der Waals surface area contributed by atoms with Crippen molar-refractivity contribution in [2.45, 2.75) is 13.8 Å². The molecule has 144 valence electrons. The van der Waals surface area contributed by atoms with Crippen molar-refractivity contribution in [3.8, 4) is 5.69 Å². The van der Waals surface area contributed by atoms with Gasteiger partial charge in [0.1, 0.15) is 0 Å². The summed E-state index contributed by atoms with van der Waals surface area (Å²) < 4.78 is 7.23. The fourth-order valence-electron chi connectivity index (χ4n) is 3.20. The number of aryl methyl sites for hydroxylation is 1. The first-order chi connectivity index (χ1) is 13.4. The van der Waals surface area contributed by atoms with Crippen LogP contribution >= 0.6 is 11.6 Å². The number of hydrogen-bond acceptors (Lipinski definition) is 4. The molecule has 0 radical (unpaired) electrons. The number of Topliss-reactive ketones (excluding diaryl/α,β-unsaturated/α-hetero) is 1. The van der Waals surface area contributed by atoms with Gasteiger partial charge in [-0.3, -0.25) is 4.79 Å². The minimum Gasteiger partial charge on any atom is -0.454 e. The number of carbonyl (C=O) groups is 2. The zero-order chi connectivity index (χ0) is 20.3. The lowest BCUT2D eigenvalue weighted by atomic mass is 10.1. The standard InChI is InChI=1S/C22H21ClN2O3/c1-14-12-19(15(2)25(14)17-10-8-16(23)9-11-17)21(26)13-28-22(27)18-6-4-5-7-20(18)24-3/h4-12,24H,13H2,1-3H3. The predicted octanol–water partition coefficient (Wildman–Crippen LogP) is 4.83. The molecule has 6 heteroatoms. The van der Waals surface area contributed by atoms with E-state index in [-0.39, 0.29) is 12.4 Å². The van der Waals surface area contributed by atoms with E-state index in [0.717, 1.165) is 17.1 Å². The van der Waals surface area contributed by atoms with Gasteiger partial charge in [-0.15, -0.1) is 0 Å². The molecular weight excluding hydrogens is 376 g/mol. The number of esters is 1. The van der Waals surface area contributed by atoms with Crippen LogP contribution < -0.4 is 5.32 Å². The first-order valence-electron chi connectivity index (χ1n) is 8.84. The van der Waals surface area contributed by atoms with E-state index in [9.17, 15) is 9.59 Å². The molecule has 0 bridgehead atoms. The third kappa shape index (κ3) is 3.94. The van der Waals surface area contributed by atoms with Crippen molar-refractivity contribution in [1.29, 1.82) is 0 Å². The summed E-state index contributed by atoms with van der Waals surface area (Å²) in [4.78, 5) is 25.0. The number of para-hydroxylation sites is 1. The number of ketones is 1. The molecule has 28 heavy (non-hydrogen) atoms. The monoisotopic (exact) mass is 396 g/mol. The van der Waals surface area contributed by atoms with Gasteiger partial charge in [0.25, 0.3) is 0 Å². The normalized spacial score (nSPS) is 10.6. The highest BCUT2D eigenvalue weighted by Gasteiger charge is 2.19. The van der Waals surface area contributed by atoms with E-state index >= 15 is 0 Å². The van der Waals surface area contributed by atoms with E-state index in [1.807, 2.05) is 42.7 Å². The highest BCUT2D eigenvalue weighted by Crippen LogP contribution is 2.23. The Balaban J connectivity index is 1.77. The average molecular weight is 397 g/mol. The molecule has 1 N–H and O–H groups in total. The second kappa shape index (κ2) is 8.31. The quantitative estimate of drug-likeness (QED) is 0.479. The number of anilines is 1. The Bertz CT molecular complexity index is 1020. The Hall–Kier alpha value is -3.05. The summed E-state index contributed by atoms with van der Waals surface area (Å²) in [6.07, 6.45) is 0. The molecule has 1 aromatic heterocycles. The molecule has 0 aliphatic carbocycles. The molecule has 0 aliphatic heterocycles. The Kier molecular flexibility index (Phi) is 5.85. The number of benzene rings is 2. The summed E-state index contributed by atoms with van der Waals surface area (Å²) in [6, 6.07) is 16.2. The van der Waals surface area contributed by atoms with E-state index < -0.39 is 5.97 Å². The number of rotatable bonds is 6. The van der Waals surface area contributed by atoms with Crippen LogP contribution in [0.2, 0.25) is 5.02 Å². The Morgan fingerprint density at radius 2 is 1.71 bits per heavy atom. The fourth-order valence-corrected chi connectivity index (χ4v) is 3.32. The summed E-state index contributed by atoms with van der Waals surface area (Å²) >= 11 is 5.96. The van der Waals surface area contributed by atoms with Crippen molar-refractivity contribution in [3.63, 3.8) is 0 Å². The number of carbonyl (C=O) groups excluding carboxylic acids is 2. The molecule has 3 rings (SSSR count). The van der Waals surface area contributed by atoms with Gasteiger partial charge < -0.3 is 14.6 Å². The Morgan fingerprint density at radius 1 is 1.04 bits per heavy atom. The van der Waals surface area contributed by atoms with Crippen molar-refractivity contribution >= 4 is 29.0 Å². The van der Waals surface area contributed by atoms with Gasteiger partial charge >= 0.3 is 5.97 Å². The van der Waals surface area contributed by atoms with Gasteiger partial charge in [0, 0.05) is 40.4 Å². The molecule has 5 nitrogen and oxygen atoms in total. The molecule has 0 aliphatic rings. The van der Waals surface area contributed by atoms with Crippen LogP contribution in [-0.2, 0) is 4.74 Å². The second-order valence-corrected chi connectivity index (χ2v) is 6.83. The SMILES string of the molecule is CNc1ccccc1C(=O)OCC(=O)c1cc(C)n(-c2ccc(Cl)cc2)c1C. The number of nitrogens with one attached hydrogen (secondary N) is 1. The lowest BCUT2D eigenvalue weighted by molar-refractivity contribution is 0.0475. The van der Waals surface area contributed by atoms with Crippen LogP contribution in [0.4, 0.5) is 5.69 Å². The van der Waals surface area contributed by atoms with Gasteiger partial charge in [-0.25, -0.2) is 4.79 Å². The molecule has 0 fully saturated rings. The fraction of sp³-hybridized carbons (Fsp3) is 0.182. The molecule has 0 unspecified atom stereocenters. The smallest absolute Gasteiger partial charge is 0.340 e. The van der Waals surface area contributed by atoms with Crippen LogP contribution in [0.5, 0.6) is 0 Å². The predicted molar refractivity (Wildman–Crippen MR) is 111 cm³/mol. The highest BCUT2D eigenvalue weighted by molar-refractivity contribution is 6.30. The molecular formula is C22H21ClN2O3. The topological polar surface area (TPSA) is 60.3 Å². The Morgan fingerprint density at radius 3 is 2.39 bits per heavy atom. The number of ether oxygens (including phenoxy) is 1. The summed E-state index contributed by atoms with van der Waals surface area (Å²) in [7, 11) is 1.73. The van der Waals surface area contributed by atoms with Crippen molar-refractivity contribution in [1.82, 2.24) is 4.57 Å². The molecule has 0 atom stereocenters. The maximum Gasteiger partial charge on any atom is 0.340 e. The third-order valence-electron chi connectivity index (χ3n) is 4.57. The molecule has 0 saturated heterocycles. The van der Waals surface area contributed by atoms with Crippen LogP contribution in [0.15, 0.2) is 54.6 Å². The molecule has 2 aromatic carbocycles. The van der Waals surface area contributed by atoms with Crippen molar-refractivity contribution in [2.75, 3.05) is 19.0 Å². The van der Waals surface area contributed by atoms with Gasteiger partial charge in [-0.1, -0.05) is 23.7 Å². The maximum atomic E-state index is 12.7. The van der Waals surface area contributed by atoms with E-state index in [4.69, 9.17) is 16.3 Å². The molecule has 0 amide bonds. The van der Waals surface area contributed by atoms with Crippen LogP contribution in [-0.4, -0.2) is 30.0 Å². The largest absolute Gasteiger partial charge is 0.454 e. The maximum absolute atomic E-state index is 12.7. The summed E-state index contributed by atoms with van der Waals surface area (Å²) in [5, 5.41) is 3.59. The van der Waals surface area contributed by atoms with Gasteiger partial charge in [-0.05, 0) is 56.3 Å². The van der Waals surface area contributed by atoms with Crippen molar-refractivity contribution in [3.05, 3.63) is 82.1 Å². The van der Waals surface area contributed by atoms with Crippen LogP contribution in [0, 0.1) is 13.8 Å². The van der Waals surface area contributed by atoms with Gasteiger partial charge in [0.05, 0.1) is 5.56 Å².